The van der Waals surface area contributed by atoms with Crippen LogP contribution in [0, 0.1) is 11.8 Å². The summed E-state index contributed by atoms with van der Waals surface area (Å²) in [6.45, 7) is 10.0. The van der Waals surface area contributed by atoms with Crippen molar-refractivity contribution in [2.24, 2.45) is 16.8 Å². The Morgan fingerprint density at radius 2 is 1.88 bits per heavy atom. The van der Waals surface area contributed by atoms with Crippen molar-refractivity contribution in [3.05, 3.63) is 0 Å². The predicted molar refractivity (Wildman–Crippen MR) is 100 cm³/mol. The highest BCUT2D eigenvalue weighted by molar-refractivity contribution is 5.81. The molecule has 1 aliphatic heterocycles. The maximum Gasteiger partial charge on any atom is 0.225 e. The predicted octanol–water partition coefficient (Wildman–Crippen LogP) is 2.77. The molecule has 1 atom stereocenters. The number of hydrogen-bond donors (Lipinski definition) is 2. The quantitative estimate of drug-likeness (QED) is 0.555. The van der Waals surface area contributed by atoms with Gasteiger partial charge in [-0.25, -0.2) is 0 Å². The lowest BCUT2D eigenvalue weighted by molar-refractivity contribution is -0.134. The molecule has 138 valence electrons. The molecule has 5 heteroatoms. The molecule has 24 heavy (non-hydrogen) atoms. The van der Waals surface area contributed by atoms with E-state index in [1.165, 1.54) is 25.7 Å². The lowest BCUT2D eigenvalue weighted by Crippen LogP contribution is -2.45. The van der Waals surface area contributed by atoms with Gasteiger partial charge in [-0.1, -0.05) is 39.5 Å². The minimum absolute atomic E-state index is 0.292. The topological polar surface area (TPSA) is 56.7 Å². The molecule has 2 aliphatic rings. The Labute approximate surface area is 147 Å². The normalized spacial score (nSPS) is 22.4. The summed E-state index contributed by atoms with van der Waals surface area (Å²) in [5.41, 5.74) is 0. The van der Waals surface area contributed by atoms with E-state index in [1.807, 2.05) is 0 Å². The van der Waals surface area contributed by atoms with Gasteiger partial charge < -0.3 is 15.5 Å². The van der Waals surface area contributed by atoms with E-state index in [9.17, 15) is 4.79 Å². The number of nitrogens with zero attached hydrogens (tertiary/aromatic N) is 2. The Bertz CT molecular complexity index is 414. The molecular formula is C19H36N4O. The van der Waals surface area contributed by atoms with Crippen LogP contribution in [0.3, 0.4) is 0 Å². The van der Waals surface area contributed by atoms with E-state index in [4.69, 9.17) is 4.99 Å². The average molecular weight is 337 g/mol. The maximum absolute atomic E-state index is 12.5. The van der Waals surface area contributed by atoms with E-state index in [0.717, 1.165) is 51.4 Å². The number of carbonyl (C=O) groups excluding carboxylic acids is 1. The minimum atomic E-state index is 0.292. The molecule has 0 aromatic heterocycles. The molecule has 1 unspecified atom stereocenters. The summed E-state index contributed by atoms with van der Waals surface area (Å²) in [4.78, 5) is 19.4. The fourth-order valence-electron chi connectivity index (χ4n) is 3.79. The van der Waals surface area contributed by atoms with Gasteiger partial charge in [-0.15, -0.1) is 0 Å². The molecule has 0 aromatic carbocycles. The molecule has 1 saturated heterocycles. The number of aliphatic imine (C=N–C) groups is 1. The Balaban J connectivity index is 1.84. The molecule has 1 saturated carbocycles. The summed E-state index contributed by atoms with van der Waals surface area (Å²) < 4.78 is 0. The second-order valence-electron chi connectivity index (χ2n) is 7.30. The molecule has 5 nitrogen and oxygen atoms in total. The van der Waals surface area contributed by atoms with Gasteiger partial charge in [0.1, 0.15) is 0 Å². The lowest BCUT2D eigenvalue weighted by atomic mass is 10.0. The summed E-state index contributed by atoms with van der Waals surface area (Å²) in [5, 5.41) is 6.89. The summed E-state index contributed by atoms with van der Waals surface area (Å²) >= 11 is 0. The standard InChI is InChI=1S/C19H36N4O/c1-4-15(5-2)13-21-19(20-6-3)22-17-11-12-23(14-17)18(24)16-9-7-8-10-16/h15-17H,4-14H2,1-3H3,(H2,20,21,22). The minimum Gasteiger partial charge on any atom is -0.357 e. The number of nitrogens with one attached hydrogen (secondary N) is 2. The SMILES string of the molecule is CCNC(=NCC(CC)CC)NC1CCN(C(=O)C2CCCC2)C1. The molecule has 1 heterocycles. The van der Waals surface area contributed by atoms with Gasteiger partial charge >= 0.3 is 0 Å². The third-order valence-electron chi connectivity index (χ3n) is 5.55. The van der Waals surface area contributed by atoms with Crippen molar-refractivity contribution in [2.75, 3.05) is 26.2 Å². The van der Waals surface area contributed by atoms with Crippen molar-refractivity contribution < 1.29 is 4.79 Å². The first-order chi connectivity index (χ1) is 11.7. The zero-order valence-electron chi connectivity index (χ0n) is 15.8. The van der Waals surface area contributed by atoms with Crippen LogP contribution >= 0.6 is 0 Å². The van der Waals surface area contributed by atoms with Crippen molar-refractivity contribution in [3.8, 4) is 0 Å². The monoisotopic (exact) mass is 336 g/mol. The fraction of sp³-hybridized carbons (Fsp3) is 0.895. The van der Waals surface area contributed by atoms with E-state index in [0.29, 0.717) is 23.8 Å². The van der Waals surface area contributed by atoms with Gasteiger partial charge in [0.25, 0.3) is 0 Å². The van der Waals surface area contributed by atoms with Crippen molar-refractivity contribution in [1.82, 2.24) is 15.5 Å². The van der Waals surface area contributed by atoms with Crippen molar-refractivity contribution in [2.45, 2.75) is 71.8 Å². The number of carbonyl (C=O) groups is 1. The third-order valence-corrected chi connectivity index (χ3v) is 5.55. The largest absolute Gasteiger partial charge is 0.357 e. The molecule has 2 N–H and O–H groups in total. The van der Waals surface area contributed by atoms with Crippen LogP contribution in [0.1, 0.15) is 65.7 Å². The van der Waals surface area contributed by atoms with Crippen LogP contribution in [0.25, 0.3) is 0 Å². The molecular weight excluding hydrogens is 300 g/mol. The van der Waals surface area contributed by atoms with Gasteiger partial charge in [-0.05, 0) is 32.1 Å². The summed E-state index contributed by atoms with van der Waals surface area (Å²) in [6.07, 6.45) is 7.99. The summed E-state index contributed by atoms with van der Waals surface area (Å²) in [6, 6.07) is 0.329. The Hall–Kier alpha value is -1.26. The van der Waals surface area contributed by atoms with Crippen LogP contribution in [0.5, 0.6) is 0 Å². The third kappa shape index (κ3) is 5.38. The Kier molecular flexibility index (Phi) is 7.86. The Morgan fingerprint density at radius 1 is 1.17 bits per heavy atom. The number of guanidine groups is 1. The van der Waals surface area contributed by atoms with Gasteiger partial charge in [0.2, 0.25) is 5.91 Å². The highest BCUT2D eigenvalue weighted by Crippen LogP contribution is 2.27. The summed E-state index contributed by atoms with van der Waals surface area (Å²) in [7, 11) is 0. The first kappa shape index (κ1) is 19.1. The molecule has 1 amide bonds. The molecule has 0 bridgehead atoms. The van der Waals surface area contributed by atoms with Crippen LogP contribution in [-0.2, 0) is 4.79 Å². The highest BCUT2D eigenvalue weighted by Gasteiger charge is 2.32. The number of likely N-dealkylation sites (tertiary alicyclic amines) is 1. The van der Waals surface area contributed by atoms with Gasteiger partial charge in [-0.3, -0.25) is 9.79 Å². The van der Waals surface area contributed by atoms with E-state index < -0.39 is 0 Å². The zero-order chi connectivity index (χ0) is 17.4. The van der Waals surface area contributed by atoms with Crippen LogP contribution in [0.4, 0.5) is 0 Å². The second kappa shape index (κ2) is 9.90. The first-order valence-electron chi connectivity index (χ1n) is 10.0. The van der Waals surface area contributed by atoms with Crippen molar-refractivity contribution in [3.63, 3.8) is 0 Å². The number of amides is 1. The van der Waals surface area contributed by atoms with E-state index >= 15 is 0 Å². The second-order valence-corrected chi connectivity index (χ2v) is 7.30. The van der Waals surface area contributed by atoms with Crippen LogP contribution in [0.15, 0.2) is 4.99 Å². The van der Waals surface area contributed by atoms with Gasteiger partial charge in [-0.2, -0.15) is 0 Å². The molecule has 0 spiro atoms. The van der Waals surface area contributed by atoms with E-state index in [2.05, 4.69) is 36.3 Å². The molecule has 0 radical (unpaired) electrons. The smallest absolute Gasteiger partial charge is 0.225 e. The average Bonchev–Trinajstić information content (AvgIpc) is 3.27. The molecule has 2 fully saturated rings. The fourth-order valence-corrected chi connectivity index (χ4v) is 3.79. The highest BCUT2D eigenvalue weighted by atomic mass is 16.2. The van der Waals surface area contributed by atoms with Gasteiger partial charge in [0.05, 0.1) is 0 Å². The Morgan fingerprint density at radius 3 is 2.50 bits per heavy atom. The number of hydrogen-bond acceptors (Lipinski definition) is 2. The van der Waals surface area contributed by atoms with Gasteiger partial charge in [0.15, 0.2) is 5.96 Å². The van der Waals surface area contributed by atoms with E-state index in [-0.39, 0.29) is 0 Å². The molecule has 1 aliphatic carbocycles. The molecule has 0 aromatic rings. The molecule has 2 rings (SSSR count). The maximum atomic E-state index is 12.5. The van der Waals surface area contributed by atoms with Crippen LogP contribution in [0.2, 0.25) is 0 Å². The van der Waals surface area contributed by atoms with Crippen LogP contribution < -0.4 is 10.6 Å². The van der Waals surface area contributed by atoms with Gasteiger partial charge in [0, 0.05) is 38.1 Å². The van der Waals surface area contributed by atoms with E-state index in [1.54, 1.807) is 0 Å². The van der Waals surface area contributed by atoms with Crippen LogP contribution in [-0.4, -0.2) is 49.0 Å². The number of rotatable bonds is 7. The zero-order valence-corrected chi connectivity index (χ0v) is 15.8. The lowest BCUT2D eigenvalue weighted by Gasteiger charge is -2.21. The first-order valence-corrected chi connectivity index (χ1v) is 10.0. The van der Waals surface area contributed by atoms with Crippen molar-refractivity contribution >= 4 is 11.9 Å². The summed E-state index contributed by atoms with van der Waals surface area (Å²) in [5.74, 6) is 2.24. The van der Waals surface area contributed by atoms with Crippen molar-refractivity contribution in [1.29, 1.82) is 0 Å².